The van der Waals surface area contributed by atoms with Crippen LogP contribution in [0.1, 0.15) is 12.8 Å². The van der Waals surface area contributed by atoms with Crippen molar-refractivity contribution in [1.29, 1.82) is 0 Å². The van der Waals surface area contributed by atoms with E-state index < -0.39 is 22.8 Å². The highest BCUT2D eigenvalue weighted by Crippen LogP contribution is 2.37. The summed E-state index contributed by atoms with van der Waals surface area (Å²) in [5, 5.41) is 11.1. The minimum atomic E-state index is -0.714. The molecule has 20 heavy (non-hydrogen) atoms. The van der Waals surface area contributed by atoms with Crippen molar-refractivity contribution in [1.82, 2.24) is 0 Å². The molecule has 0 spiro atoms. The average Bonchev–Trinajstić information content (AvgIpc) is 2.89. The Labute approximate surface area is 122 Å². The summed E-state index contributed by atoms with van der Waals surface area (Å²) in [4.78, 5) is 23.7. The zero-order chi connectivity index (χ0) is 14.9. The Morgan fingerprint density at radius 1 is 1.60 bits per heavy atom. The lowest BCUT2D eigenvalue weighted by atomic mass is 10.2. The maximum atomic E-state index is 13.5. The van der Waals surface area contributed by atoms with Crippen LogP contribution in [0.5, 0.6) is 0 Å². The predicted molar refractivity (Wildman–Crippen MR) is 73.1 cm³/mol. The van der Waals surface area contributed by atoms with Gasteiger partial charge in [0.1, 0.15) is 17.5 Å². The van der Waals surface area contributed by atoms with Crippen LogP contribution in [0.25, 0.3) is 0 Å². The molecule has 1 aliphatic rings. The Morgan fingerprint density at radius 3 is 2.90 bits per heavy atom. The summed E-state index contributed by atoms with van der Waals surface area (Å²) in [6, 6.07) is 1.61. The van der Waals surface area contributed by atoms with Crippen molar-refractivity contribution in [3.8, 4) is 0 Å². The van der Waals surface area contributed by atoms with Crippen molar-refractivity contribution in [3.05, 3.63) is 32.5 Å². The van der Waals surface area contributed by atoms with Crippen molar-refractivity contribution in [2.45, 2.75) is 18.9 Å². The van der Waals surface area contributed by atoms with E-state index in [1.807, 2.05) is 0 Å². The molecule has 1 aliphatic heterocycles. The summed E-state index contributed by atoms with van der Waals surface area (Å²) in [5.41, 5.74) is -0.141. The van der Waals surface area contributed by atoms with Gasteiger partial charge in [0.15, 0.2) is 0 Å². The normalized spacial score (nSPS) is 18.1. The number of rotatable bonds is 3. The molecule has 1 atom stereocenters. The van der Waals surface area contributed by atoms with Crippen LogP contribution in [0.4, 0.5) is 15.8 Å². The van der Waals surface area contributed by atoms with Crippen molar-refractivity contribution < 1.29 is 18.8 Å². The minimum Gasteiger partial charge on any atom is -0.467 e. The molecule has 2 rings (SSSR count). The van der Waals surface area contributed by atoms with Crippen molar-refractivity contribution in [2.24, 2.45) is 0 Å². The number of halogens is 2. The van der Waals surface area contributed by atoms with Gasteiger partial charge in [-0.3, -0.25) is 10.1 Å². The Kier molecular flexibility index (Phi) is 4.22. The first kappa shape index (κ1) is 14.7. The molecule has 0 bridgehead atoms. The number of carbonyl (C=O) groups excluding carboxylic acids is 1. The number of nitro groups is 1. The lowest BCUT2D eigenvalue weighted by molar-refractivity contribution is -0.384. The van der Waals surface area contributed by atoms with Crippen molar-refractivity contribution >= 4 is 33.3 Å². The third-order valence-electron chi connectivity index (χ3n) is 3.25. The highest BCUT2D eigenvalue weighted by molar-refractivity contribution is 9.10. The van der Waals surface area contributed by atoms with E-state index in [9.17, 15) is 19.3 Å². The molecular weight excluding hydrogens is 335 g/mol. The van der Waals surface area contributed by atoms with Crippen LogP contribution in [0.2, 0.25) is 0 Å². The molecule has 0 N–H and O–H groups in total. The van der Waals surface area contributed by atoms with Gasteiger partial charge in [-0.25, -0.2) is 9.18 Å². The Hall–Kier alpha value is -1.70. The molecule has 1 fully saturated rings. The first-order valence-corrected chi connectivity index (χ1v) is 6.73. The lowest BCUT2D eigenvalue weighted by Gasteiger charge is -2.24. The van der Waals surface area contributed by atoms with Crippen LogP contribution >= 0.6 is 15.9 Å². The van der Waals surface area contributed by atoms with Gasteiger partial charge in [-0.15, -0.1) is 0 Å². The highest BCUT2D eigenvalue weighted by Gasteiger charge is 2.35. The van der Waals surface area contributed by atoms with E-state index in [0.717, 1.165) is 6.07 Å². The standard InChI is InChI=1S/C12H12BrFN2O4/c1-20-12(17)9-3-2-4-15(9)10-5-7(13)8(14)6-11(10)16(18)19/h5-6,9H,2-4H2,1H3. The molecule has 0 aromatic heterocycles. The first-order valence-electron chi connectivity index (χ1n) is 5.93. The van der Waals surface area contributed by atoms with E-state index in [2.05, 4.69) is 15.9 Å². The van der Waals surface area contributed by atoms with Crippen LogP contribution in [0.3, 0.4) is 0 Å². The second kappa shape index (κ2) is 5.74. The van der Waals surface area contributed by atoms with E-state index in [1.165, 1.54) is 13.2 Å². The molecule has 1 saturated heterocycles. The van der Waals surface area contributed by atoms with E-state index in [0.29, 0.717) is 19.4 Å². The molecule has 0 radical (unpaired) electrons. The van der Waals surface area contributed by atoms with Crippen molar-refractivity contribution in [3.63, 3.8) is 0 Å². The smallest absolute Gasteiger partial charge is 0.328 e. The fraction of sp³-hybridized carbons (Fsp3) is 0.417. The topological polar surface area (TPSA) is 72.7 Å². The van der Waals surface area contributed by atoms with Gasteiger partial charge in [0.05, 0.1) is 22.6 Å². The summed E-state index contributed by atoms with van der Waals surface area (Å²) < 4.78 is 18.3. The zero-order valence-electron chi connectivity index (χ0n) is 10.6. The molecule has 108 valence electrons. The predicted octanol–water partition coefficient (Wildman–Crippen LogP) is 2.64. The number of hydrogen-bond acceptors (Lipinski definition) is 5. The number of esters is 1. The summed E-state index contributed by atoms with van der Waals surface area (Å²) in [6.45, 7) is 0.485. The van der Waals surface area contributed by atoms with Crippen LogP contribution in [0, 0.1) is 15.9 Å². The maximum absolute atomic E-state index is 13.5. The Balaban J connectivity index is 2.48. The van der Waals surface area contributed by atoms with Gasteiger partial charge in [0, 0.05) is 6.54 Å². The van der Waals surface area contributed by atoms with E-state index >= 15 is 0 Å². The number of nitrogens with zero attached hydrogens (tertiary/aromatic N) is 2. The lowest BCUT2D eigenvalue weighted by Crippen LogP contribution is -2.37. The van der Waals surface area contributed by atoms with Gasteiger partial charge in [-0.1, -0.05) is 0 Å². The minimum absolute atomic E-state index is 0.119. The van der Waals surface area contributed by atoms with Gasteiger partial charge in [0.25, 0.3) is 5.69 Å². The molecule has 6 nitrogen and oxygen atoms in total. The summed E-state index contributed by atoms with van der Waals surface area (Å²) in [6.07, 6.45) is 1.27. The molecule has 0 aliphatic carbocycles. The number of methoxy groups -OCH3 is 1. The van der Waals surface area contributed by atoms with Crippen LogP contribution < -0.4 is 4.90 Å². The fourth-order valence-electron chi connectivity index (χ4n) is 2.34. The fourth-order valence-corrected chi connectivity index (χ4v) is 2.67. The van der Waals surface area contributed by atoms with Gasteiger partial charge >= 0.3 is 5.97 Å². The highest BCUT2D eigenvalue weighted by atomic mass is 79.9. The number of hydrogen-bond donors (Lipinski definition) is 0. The van der Waals surface area contributed by atoms with Crippen LogP contribution in [-0.2, 0) is 9.53 Å². The van der Waals surface area contributed by atoms with Gasteiger partial charge in [-0.2, -0.15) is 0 Å². The Bertz CT molecular complexity index is 567. The van der Waals surface area contributed by atoms with Gasteiger partial charge < -0.3 is 9.64 Å². The largest absolute Gasteiger partial charge is 0.467 e. The number of nitro benzene ring substituents is 1. The Morgan fingerprint density at radius 2 is 2.30 bits per heavy atom. The number of anilines is 1. The molecule has 0 amide bonds. The third-order valence-corrected chi connectivity index (χ3v) is 3.86. The second-order valence-corrected chi connectivity index (χ2v) is 5.24. The average molecular weight is 347 g/mol. The molecule has 8 heteroatoms. The maximum Gasteiger partial charge on any atom is 0.328 e. The monoisotopic (exact) mass is 346 g/mol. The molecule has 1 aromatic carbocycles. The first-order chi connectivity index (χ1) is 9.45. The van der Waals surface area contributed by atoms with Gasteiger partial charge in [-0.05, 0) is 34.8 Å². The molecule has 1 unspecified atom stereocenters. The second-order valence-electron chi connectivity index (χ2n) is 4.39. The summed E-state index contributed by atoms with van der Waals surface area (Å²) in [7, 11) is 1.27. The van der Waals surface area contributed by atoms with E-state index in [-0.39, 0.29) is 15.8 Å². The zero-order valence-corrected chi connectivity index (χ0v) is 12.2. The molecule has 0 saturated carbocycles. The summed E-state index contributed by atoms with van der Waals surface area (Å²) in [5.74, 6) is -1.16. The quantitative estimate of drug-likeness (QED) is 0.478. The molecule has 1 heterocycles. The number of carbonyl (C=O) groups is 1. The summed E-state index contributed by atoms with van der Waals surface area (Å²) >= 11 is 3.01. The van der Waals surface area contributed by atoms with E-state index in [1.54, 1.807) is 4.90 Å². The SMILES string of the molecule is COC(=O)C1CCCN1c1cc(Br)c(F)cc1[N+](=O)[O-]. The van der Waals surface area contributed by atoms with Crippen LogP contribution in [-0.4, -0.2) is 30.6 Å². The molecule has 1 aromatic rings. The van der Waals surface area contributed by atoms with E-state index in [4.69, 9.17) is 4.74 Å². The third kappa shape index (κ3) is 2.60. The number of benzene rings is 1. The van der Waals surface area contributed by atoms with Crippen LogP contribution in [0.15, 0.2) is 16.6 Å². The van der Waals surface area contributed by atoms with Gasteiger partial charge in [0.2, 0.25) is 0 Å². The molecular formula is C12H12BrFN2O4. The number of ether oxygens (including phenoxy) is 1. The van der Waals surface area contributed by atoms with Crippen molar-refractivity contribution in [2.75, 3.05) is 18.6 Å².